The average Bonchev–Trinajstić information content (AvgIpc) is 2.52. The first kappa shape index (κ1) is 15.1. The summed E-state index contributed by atoms with van der Waals surface area (Å²) in [5.74, 6) is 0.803. The van der Waals surface area contributed by atoms with E-state index in [2.05, 4.69) is 49.5 Å². The van der Waals surface area contributed by atoms with E-state index in [-0.39, 0.29) is 6.04 Å². The molecule has 2 aromatic carbocycles. The maximum atomic E-state index is 9.00. The number of methoxy groups -OCH3 is 1. The van der Waals surface area contributed by atoms with Crippen molar-refractivity contribution in [1.29, 1.82) is 5.26 Å². The van der Waals surface area contributed by atoms with Gasteiger partial charge in [-0.15, -0.1) is 0 Å². The highest BCUT2D eigenvalue weighted by Crippen LogP contribution is 2.21. The van der Waals surface area contributed by atoms with Gasteiger partial charge in [0, 0.05) is 18.2 Å². The number of hydrogen-bond acceptors (Lipinski definition) is 3. The predicted octanol–water partition coefficient (Wildman–Crippen LogP) is 3.73. The van der Waals surface area contributed by atoms with Crippen molar-refractivity contribution in [3.05, 3.63) is 64.7 Å². The van der Waals surface area contributed by atoms with Gasteiger partial charge in [0.2, 0.25) is 0 Å². The predicted molar refractivity (Wildman–Crippen MR) is 84.1 cm³/mol. The summed E-state index contributed by atoms with van der Waals surface area (Å²) in [6, 6.07) is 16.4. The first-order valence-corrected chi connectivity index (χ1v) is 7.01. The summed E-state index contributed by atoms with van der Waals surface area (Å²) in [6.45, 7) is 4.87. The molecule has 2 aromatic rings. The van der Waals surface area contributed by atoms with Gasteiger partial charge in [0.25, 0.3) is 0 Å². The van der Waals surface area contributed by atoms with Crippen LogP contribution in [0.3, 0.4) is 0 Å². The molecule has 0 unspecified atom stereocenters. The number of hydrogen-bond donors (Lipinski definition) is 1. The average molecular weight is 280 g/mol. The molecule has 0 amide bonds. The van der Waals surface area contributed by atoms with Gasteiger partial charge >= 0.3 is 0 Å². The molecule has 0 saturated carbocycles. The number of ether oxygens (including phenoxy) is 1. The Morgan fingerprint density at radius 2 is 1.90 bits per heavy atom. The van der Waals surface area contributed by atoms with Crippen LogP contribution < -0.4 is 10.1 Å². The molecule has 108 valence electrons. The molecule has 0 saturated heterocycles. The minimum Gasteiger partial charge on any atom is -0.496 e. The molecule has 0 fully saturated rings. The Bertz CT molecular complexity index is 641. The van der Waals surface area contributed by atoms with Crippen LogP contribution in [0.2, 0.25) is 0 Å². The topological polar surface area (TPSA) is 45.0 Å². The van der Waals surface area contributed by atoms with Crippen LogP contribution in [0.1, 0.15) is 35.2 Å². The van der Waals surface area contributed by atoms with Gasteiger partial charge in [-0.25, -0.2) is 0 Å². The van der Waals surface area contributed by atoms with Crippen LogP contribution in [0.4, 0.5) is 0 Å². The number of nitrogens with zero attached hydrogens (tertiary/aromatic N) is 1. The largest absolute Gasteiger partial charge is 0.496 e. The van der Waals surface area contributed by atoms with Crippen molar-refractivity contribution in [2.24, 2.45) is 0 Å². The van der Waals surface area contributed by atoms with E-state index in [9.17, 15) is 0 Å². The molecule has 21 heavy (non-hydrogen) atoms. The summed E-state index contributed by atoms with van der Waals surface area (Å²) >= 11 is 0. The molecule has 1 atom stereocenters. The van der Waals surface area contributed by atoms with Crippen LogP contribution in [0.15, 0.2) is 42.5 Å². The lowest BCUT2D eigenvalue weighted by atomic mass is 10.1. The van der Waals surface area contributed by atoms with E-state index in [1.54, 1.807) is 13.2 Å². The highest BCUT2D eigenvalue weighted by Gasteiger charge is 2.08. The van der Waals surface area contributed by atoms with Crippen LogP contribution in [0.25, 0.3) is 0 Å². The lowest BCUT2D eigenvalue weighted by Gasteiger charge is -2.16. The number of benzene rings is 2. The fourth-order valence-corrected chi connectivity index (χ4v) is 2.22. The lowest BCUT2D eigenvalue weighted by Crippen LogP contribution is -2.18. The van der Waals surface area contributed by atoms with Crippen molar-refractivity contribution < 1.29 is 4.74 Å². The van der Waals surface area contributed by atoms with E-state index in [0.29, 0.717) is 12.1 Å². The van der Waals surface area contributed by atoms with Crippen LogP contribution in [-0.4, -0.2) is 7.11 Å². The summed E-state index contributed by atoms with van der Waals surface area (Å²) in [5, 5.41) is 12.5. The van der Waals surface area contributed by atoms with Crippen molar-refractivity contribution in [3.63, 3.8) is 0 Å². The van der Waals surface area contributed by atoms with Gasteiger partial charge in [-0.1, -0.05) is 29.8 Å². The fraction of sp³-hybridized carbons (Fsp3) is 0.278. The molecule has 1 N–H and O–H groups in total. The van der Waals surface area contributed by atoms with Gasteiger partial charge in [0.15, 0.2) is 0 Å². The van der Waals surface area contributed by atoms with Crippen molar-refractivity contribution in [2.45, 2.75) is 26.4 Å². The van der Waals surface area contributed by atoms with E-state index in [1.165, 1.54) is 11.1 Å². The van der Waals surface area contributed by atoms with E-state index in [4.69, 9.17) is 10.00 Å². The Labute approximate surface area is 126 Å². The molecule has 2 rings (SSSR count). The third kappa shape index (κ3) is 3.84. The van der Waals surface area contributed by atoms with Crippen molar-refractivity contribution >= 4 is 0 Å². The number of nitrogens with one attached hydrogen (secondary N) is 1. The first-order valence-electron chi connectivity index (χ1n) is 7.01. The molecule has 0 spiro atoms. The second kappa shape index (κ2) is 6.92. The zero-order valence-electron chi connectivity index (χ0n) is 12.7. The number of nitriles is 1. The molecule has 3 heteroatoms. The van der Waals surface area contributed by atoms with Crippen LogP contribution in [0, 0.1) is 18.3 Å². The second-order valence-electron chi connectivity index (χ2n) is 5.15. The highest BCUT2D eigenvalue weighted by atomic mass is 16.5. The normalized spacial score (nSPS) is 11.7. The third-order valence-corrected chi connectivity index (χ3v) is 3.59. The molecule has 3 nitrogen and oxygen atoms in total. The fourth-order valence-electron chi connectivity index (χ4n) is 2.22. The molecule has 0 aromatic heterocycles. The Balaban J connectivity index is 2.08. The van der Waals surface area contributed by atoms with Gasteiger partial charge < -0.3 is 10.1 Å². The van der Waals surface area contributed by atoms with Gasteiger partial charge in [-0.2, -0.15) is 5.26 Å². The zero-order valence-corrected chi connectivity index (χ0v) is 12.7. The molecule has 0 aliphatic carbocycles. The Morgan fingerprint density at radius 1 is 1.19 bits per heavy atom. The molecule has 0 radical (unpaired) electrons. The van der Waals surface area contributed by atoms with Crippen LogP contribution in [0.5, 0.6) is 5.75 Å². The third-order valence-electron chi connectivity index (χ3n) is 3.59. The second-order valence-corrected chi connectivity index (χ2v) is 5.15. The van der Waals surface area contributed by atoms with E-state index < -0.39 is 0 Å². The van der Waals surface area contributed by atoms with Crippen molar-refractivity contribution in [3.8, 4) is 11.8 Å². The minimum atomic E-state index is 0.237. The smallest absolute Gasteiger partial charge is 0.123 e. The molecular formula is C18H20N2O. The monoisotopic (exact) mass is 280 g/mol. The molecule has 0 heterocycles. The standard InChI is InChI=1S/C18H20N2O/c1-13-4-7-16(8-5-13)14(2)20-12-17-10-15(11-19)6-9-18(17)21-3/h4-10,14,20H,12H2,1-3H3/t14-/m1/s1. The van der Waals surface area contributed by atoms with E-state index in [1.807, 2.05) is 12.1 Å². The van der Waals surface area contributed by atoms with Crippen molar-refractivity contribution in [1.82, 2.24) is 5.32 Å². The van der Waals surface area contributed by atoms with Gasteiger partial charge in [-0.3, -0.25) is 0 Å². The highest BCUT2D eigenvalue weighted by molar-refractivity contribution is 5.42. The number of rotatable bonds is 5. The molecular weight excluding hydrogens is 260 g/mol. The van der Waals surface area contributed by atoms with E-state index in [0.717, 1.165) is 11.3 Å². The first-order chi connectivity index (χ1) is 10.1. The van der Waals surface area contributed by atoms with Gasteiger partial charge in [-0.05, 0) is 37.6 Å². The summed E-state index contributed by atoms with van der Waals surface area (Å²) in [7, 11) is 1.65. The molecule has 0 aliphatic heterocycles. The Hall–Kier alpha value is -2.31. The summed E-state index contributed by atoms with van der Waals surface area (Å²) in [5.41, 5.74) is 4.15. The van der Waals surface area contributed by atoms with E-state index >= 15 is 0 Å². The SMILES string of the molecule is COc1ccc(C#N)cc1CN[C@H](C)c1ccc(C)cc1. The lowest BCUT2D eigenvalue weighted by molar-refractivity contribution is 0.406. The molecule has 0 aliphatic rings. The summed E-state index contributed by atoms with van der Waals surface area (Å²) < 4.78 is 5.35. The number of aryl methyl sites for hydroxylation is 1. The van der Waals surface area contributed by atoms with Gasteiger partial charge in [0.1, 0.15) is 5.75 Å². The van der Waals surface area contributed by atoms with Crippen LogP contribution in [-0.2, 0) is 6.54 Å². The minimum absolute atomic E-state index is 0.237. The quantitative estimate of drug-likeness (QED) is 0.907. The van der Waals surface area contributed by atoms with Crippen LogP contribution >= 0.6 is 0 Å². The summed E-state index contributed by atoms with van der Waals surface area (Å²) in [4.78, 5) is 0. The zero-order chi connectivity index (χ0) is 15.2. The Morgan fingerprint density at radius 3 is 2.52 bits per heavy atom. The van der Waals surface area contributed by atoms with Crippen molar-refractivity contribution in [2.75, 3.05) is 7.11 Å². The maximum absolute atomic E-state index is 9.00. The summed E-state index contributed by atoms with van der Waals surface area (Å²) in [6.07, 6.45) is 0. The van der Waals surface area contributed by atoms with Gasteiger partial charge in [0.05, 0.1) is 18.7 Å². The maximum Gasteiger partial charge on any atom is 0.123 e. The Kier molecular flexibility index (Phi) is 4.97. The molecule has 0 bridgehead atoms.